The van der Waals surface area contributed by atoms with Gasteiger partial charge in [0.15, 0.2) is 0 Å². The van der Waals surface area contributed by atoms with Gasteiger partial charge in [-0.15, -0.1) is 10.2 Å². The van der Waals surface area contributed by atoms with Gasteiger partial charge in [0.25, 0.3) is 0 Å². The quantitative estimate of drug-likeness (QED) is 0.811. The van der Waals surface area contributed by atoms with Crippen molar-refractivity contribution in [3.63, 3.8) is 0 Å². The molecule has 0 aliphatic carbocycles. The van der Waals surface area contributed by atoms with Crippen LogP contribution in [0.4, 0.5) is 13.2 Å². The summed E-state index contributed by atoms with van der Waals surface area (Å²) in [6.07, 6.45) is -4.63. The van der Waals surface area contributed by atoms with E-state index < -0.39 is 37.7 Å². The Kier molecular flexibility index (Phi) is 5.74. The molecule has 0 aliphatic heterocycles. The molecule has 0 aliphatic rings. The van der Waals surface area contributed by atoms with Crippen LogP contribution in [0.25, 0.3) is 0 Å². The number of benzene rings is 1. The van der Waals surface area contributed by atoms with Gasteiger partial charge in [-0.25, -0.2) is 8.42 Å². The van der Waals surface area contributed by atoms with E-state index in [4.69, 9.17) is 16.7 Å². The van der Waals surface area contributed by atoms with Crippen molar-refractivity contribution >= 4 is 33.0 Å². The van der Waals surface area contributed by atoms with Crippen molar-refractivity contribution in [3.8, 4) is 0 Å². The summed E-state index contributed by atoms with van der Waals surface area (Å²) < 4.78 is 64.3. The second kappa shape index (κ2) is 7.16. The van der Waals surface area contributed by atoms with Gasteiger partial charge in [0.1, 0.15) is 14.9 Å². The third-order valence-corrected chi connectivity index (χ3v) is 6.93. The van der Waals surface area contributed by atoms with Crippen molar-refractivity contribution in [2.45, 2.75) is 30.6 Å². The molecule has 138 valence electrons. The average Bonchev–Trinajstić information content (AvgIpc) is 3.01. The number of hydrogen-bond donors (Lipinski definition) is 1. The van der Waals surface area contributed by atoms with Crippen LogP contribution in [0.1, 0.15) is 28.5 Å². The number of aliphatic hydroxyl groups excluding tert-OH is 1. The second-order valence-corrected chi connectivity index (χ2v) is 8.50. The molecule has 1 atom stereocenters. The van der Waals surface area contributed by atoms with Crippen LogP contribution in [0, 0.1) is 0 Å². The molecule has 1 heterocycles. The minimum atomic E-state index is -4.63. The average molecular weight is 416 g/mol. The molecule has 0 saturated heterocycles. The lowest BCUT2D eigenvalue weighted by Crippen LogP contribution is -2.30. The molecule has 0 saturated carbocycles. The zero-order valence-electron chi connectivity index (χ0n) is 13.0. The Morgan fingerprint density at radius 3 is 2.48 bits per heavy atom. The molecule has 25 heavy (non-hydrogen) atoms. The summed E-state index contributed by atoms with van der Waals surface area (Å²) in [6, 6.07) is 1.30. The third-order valence-electron chi connectivity index (χ3n) is 3.44. The van der Waals surface area contributed by atoms with Crippen LogP contribution in [0.5, 0.6) is 0 Å². The maximum absolute atomic E-state index is 12.7. The first-order valence-electron chi connectivity index (χ1n) is 6.76. The molecule has 2 rings (SSSR count). The van der Waals surface area contributed by atoms with Crippen LogP contribution in [-0.2, 0) is 22.8 Å². The second-order valence-electron chi connectivity index (χ2n) is 5.03. The summed E-state index contributed by atoms with van der Waals surface area (Å²) in [5.74, 6) is 0. The molecule has 0 amide bonds. The molecule has 2 aromatic rings. The van der Waals surface area contributed by atoms with Crippen LogP contribution >= 0.6 is 22.9 Å². The van der Waals surface area contributed by atoms with Gasteiger partial charge in [0.05, 0.1) is 23.2 Å². The van der Waals surface area contributed by atoms with Gasteiger partial charge in [0.2, 0.25) is 10.0 Å². The highest BCUT2D eigenvalue weighted by atomic mass is 35.5. The predicted octanol–water partition coefficient (Wildman–Crippen LogP) is 3.08. The van der Waals surface area contributed by atoms with E-state index in [2.05, 4.69) is 10.2 Å². The van der Waals surface area contributed by atoms with Gasteiger partial charge in [-0.2, -0.15) is 17.5 Å². The number of aromatic nitrogens is 2. The molecule has 0 fully saturated rings. The lowest BCUT2D eigenvalue weighted by atomic mass is 10.2. The van der Waals surface area contributed by atoms with Gasteiger partial charge in [-0.1, -0.05) is 22.9 Å². The van der Waals surface area contributed by atoms with Crippen LogP contribution in [0.15, 0.2) is 23.1 Å². The number of alkyl halides is 3. The van der Waals surface area contributed by atoms with Crippen LogP contribution < -0.4 is 0 Å². The fourth-order valence-corrected chi connectivity index (χ4v) is 4.61. The molecule has 0 unspecified atom stereocenters. The van der Waals surface area contributed by atoms with E-state index in [1.165, 1.54) is 14.0 Å². The van der Waals surface area contributed by atoms with E-state index in [-0.39, 0.29) is 6.61 Å². The highest BCUT2D eigenvalue weighted by molar-refractivity contribution is 7.89. The first-order chi connectivity index (χ1) is 11.5. The minimum absolute atomic E-state index is 0.320. The van der Waals surface area contributed by atoms with Crippen molar-refractivity contribution in [2.75, 3.05) is 7.05 Å². The largest absolute Gasteiger partial charge is 0.416 e. The van der Waals surface area contributed by atoms with E-state index in [1.54, 1.807) is 0 Å². The number of halogens is 4. The first kappa shape index (κ1) is 20.0. The molecule has 1 aromatic heterocycles. The molecular weight excluding hydrogens is 403 g/mol. The number of aliphatic hydroxyl groups is 1. The number of rotatable bonds is 5. The maximum Gasteiger partial charge on any atom is 0.416 e. The monoisotopic (exact) mass is 415 g/mol. The highest BCUT2D eigenvalue weighted by Crippen LogP contribution is 2.35. The fourth-order valence-electron chi connectivity index (χ4n) is 1.90. The summed E-state index contributed by atoms with van der Waals surface area (Å²) in [5.41, 5.74) is -1.04. The Morgan fingerprint density at radius 1 is 1.36 bits per heavy atom. The van der Waals surface area contributed by atoms with Crippen molar-refractivity contribution in [1.82, 2.24) is 14.5 Å². The van der Waals surface area contributed by atoms with Gasteiger partial charge in [-0.3, -0.25) is 0 Å². The zero-order valence-corrected chi connectivity index (χ0v) is 15.3. The molecule has 0 radical (unpaired) electrons. The molecule has 1 aromatic carbocycles. The Hall–Kier alpha value is -1.27. The van der Waals surface area contributed by atoms with E-state index in [0.717, 1.165) is 21.7 Å². The summed E-state index contributed by atoms with van der Waals surface area (Å²) in [5, 5.41) is 16.6. The number of nitrogens with zero attached hydrogens (tertiary/aromatic N) is 3. The Labute approximate surface area is 150 Å². The summed E-state index contributed by atoms with van der Waals surface area (Å²) in [7, 11) is -2.91. The summed E-state index contributed by atoms with van der Waals surface area (Å²) >= 11 is 6.81. The molecule has 0 spiro atoms. The van der Waals surface area contributed by atoms with Crippen molar-refractivity contribution < 1.29 is 26.7 Å². The van der Waals surface area contributed by atoms with Crippen molar-refractivity contribution in [1.29, 1.82) is 0 Å². The standard InChI is InChI=1S/C13H13ClF3N3O3S2/c1-7(12-19-18-11(6-21)24-12)20(2)25(22,23)10-4-3-8(5-9(10)14)13(15,16)17/h3-5,7,21H,6H2,1-2H3/t7-/m0/s1. The third kappa shape index (κ3) is 4.11. The van der Waals surface area contributed by atoms with Crippen LogP contribution in [-0.4, -0.2) is 35.1 Å². The Bertz CT molecular complexity index is 871. The predicted molar refractivity (Wildman–Crippen MR) is 85.6 cm³/mol. The topological polar surface area (TPSA) is 83.4 Å². The van der Waals surface area contributed by atoms with Crippen molar-refractivity contribution in [2.24, 2.45) is 0 Å². The van der Waals surface area contributed by atoms with Gasteiger partial charge in [-0.05, 0) is 25.1 Å². The fraction of sp³-hybridized carbons (Fsp3) is 0.385. The first-order valence-corrected chi connectivity index (χ1v) is 9.40. The summed E-state index contributed by atoms with van der Waals surface area (Å²) in [4.78, 5) is -0.441. The lowest BCUT2D eigenvalue weighted by molar-refractivity contribution is -0.137. The number of hydrogen-bond acceptors (Lipinski definition) is 6. The molecule has 12 heteroatoms. The van der Waals surface area contributed by atoms with Gasteiger partial charge in [0, 0.05) is 7.05 Å². The van der Waals surface area contributed by atoms with E-state index in [9.17, 15) is 21.6 Å². The zero-order chi connectivity index (χ0) is 19.0. The van der Waals surface area contributed by atoms with Crippen LogP contribution in [0.2, 0.25) is 5.02 Å². The smallest absolute Gasteiger partial charge is 0.389 e. The molecular formula is C13H13ClF3N3O3S2. The normalized spacial score (nSPS) is 14.1. The molecule has 6 nitrogen and oxygen atoms in total. The van der Waals surface area contributed by atoms with E-state index >= 15 is 0 Å². The van der Waals surface area contributed by atoms with Gasteiger partial charge >= 0.3 is 6.18 Å². The SMILES string of the molecule is C[C@@H](c1nnc(CO)s1)N(C)S(=O)(=O)c1ccc(C(F)(F)F)cc1Cl. The van der Waals surface area contributed by atoms with E-state index in [0.29, 0.717) is 22.1 Å². The van der Waals surface area contributed by atoms with Crippen LogP contribution in [0.3, 0.4) is 0 Å². The maximum atomic E-state index is 12.7. The molecule has 1 N–H and O–H groups in total. The molecule has 0 bridgehead atoms. The minimum Gasteiger partial charge on any atom is -0.389 e. The van der Waals surface area contributed by atoms with E-state index in [1.807, 2.05) is 0 Å². The lowest BCUT2D eigenvalue weighted by Gasteiger charge is -2.23. The summed E-state index contributed by atoms with van der Waals surface area (Å²) in [6.45, 7) is 1.21. The highest BCUT2D eigenvalue weighted by Gasteiger charge is 2.34. The number of sulfonamides is 1. The Morgan fingerprint density at radius 2 is 2.00 bits per heavy atom. The van der Waals surface area contributed by atoms with Crippen molar-refractivity contribution in [3.05, 3.63) is 38.8 Å². The Balaban J connectivity index is 2.37. The van der Waals surface area contributed by atoms with Gasteiger partial charge < -0.3 is 5.11 Å².